The Morgan fingerprint density at radius 3 is 2.89 bits per heavy atom. The highest BCUT2D eigenvalue weighted by Crippen LogP contribution is 2.30. The van der Waals surface area contributed by atoms with Crippen LogP contribution in [-0.2, 0) is 11.0 Å². The van der Waals surface area contributed by atoms with Crippen LogP contribution in [0.4, 0.5) is 13.2 Å². The lowest BCUT2D eigenvalue weighted by molar-refractivity contribution is -0.141. The highest BCUT2D eigenvalue weighted by molar-refractivity contribution is 8.00. The summed E-state index contributed by atoms with van der Waals surface area (Å²) in [4.78, 5) is 18.9. The van der Waals surface area contributed by atoms with Crippen LogP contribution in [0, 0.1) is 0 Å². The van der Waals surface area contributed by atoms with Crippen molar-refractivity contribution in [1.82, 2.24) is 15.3 Å². The molecule has 0 radical (unpaired) electrons. The van der Waals surface area contributed by atoms with Crippen LogP contribution in [0.3, 0.4) is 0 Å². The van der Waals surface area contributed by atoms with Crippen molar-refractivity contribution in [1.29, 1.82) is 0 Å². The summed E-state index contributed by atoms with van der Waals surface area (Å²) in [5.41, 5.74) is -0.987. The number of amides is 1. The molecule has 0 bridgehead atoms. The number of aromatic nitrogens is 2. The van der Waals surface area contributed by atoms with E-state index in [0.717, 1.165) is 36.9 Å². The number of carbonyl (C=O) groups excluding carboxylic acids is 1. The van der Waals surface area contributed by atoms with Crippen molar-refractivity contribution in [2.45, 2.75) is 35.8 Å². The van der Waals surface area contributed by atoms with Gasteiger partial charge in [0, 0.05) is 12.7 Å². The van der Waals surface area contributed by atoms with Crippen LogP contribution in [0.5, 0.6) is 0 Å². The lowest BCUT2D eigenvalue weighted by Crippen LogP contribution is -2.30. The average Bonchev–Trinajstić information content (AvgIpc) is 2.54. The number of nitrogens with zero attached hydrogens (tertiary/aromatic N) is 2. The number of carbonyl (C=O) groups is 1. The lowest BCUT2D eigenvalue weighted by Gasteiger charge is -2.12. The number of alkyl halides is 3. The number of hydrogen-bond acceptors (Lipinski definition) is 4. The Morgan fingerprint density at radius 1 is 1.37 bits per heavy atom. The average molecular weight is 291 g/mol. The Bertz CT molecular complexity index is 467. The Hall–Kier alpha value is -1.31. The molecule has 1 saturated heterocycles. The first-order chi connectivity index (χ1) is 8.97. The molecular weight excluding hydrogens is 279 g/mol. The predicted molar refractivity (Wildman–Crippen MR) is 63.5 cm³/mol. The minimum Gasteiger partial charge on any atom is -0.355 e. The van der Waals surface area contributed by atoms with Crippen LogP contribution >= 0.6 is 11.8 Å². The molecule has 1 aromatic heterocycles. The molecule has 2 heterocycles. The molecule has 1 aliphatic heterocycles. The number of hydrogen-bond donors (Lipinski definition) is 1. The third kappa shape index (κ3) is 3.82. The number of rotatable bonds is 2. The maximum Gasteiger partial charge on any atom is 0.433 e. The smallest absolute Gasteiger partial charge is 0.355 e. The second-order valence-corrected chi connectivity index (χ2v) is 5.29. The summed E-state index contributed by atoms with van der Waals surface area (Å²) in [7, 11) is 0. The van der Waals surface area contributed by atoms with Crippen LogP contribution in [-0.4, -0.2) is 27.7 Å². The Labute approximate surface area is 112 Å². The molecule has 19 heavy (non-hydrogen) atoms. The van der Waals surface area contributed by atoms with E-state index in [1.165, 1.54) is 0 Å². The molecule has 1 aromatic rings. The Kier molecular flexibility index (Phi) is 4.28. The molecule has 4 nitrogen and oxygen atoms in total. The van der Waals surface area contributed by atoms with Gasteiger partial charge in [0.05, 0.1) is 5.25 Å². The fourth-order valence-electron chi connectivity index (χ4n) is 1.71. The fraction of sp³-hybridized carbons (Fsp3) is 0.545. The van der Waals surface area contributed by atoms with Gasteiger partial charge in [-0.2, -0.15) is 13.2 Å². The molecule has 8 heteroatoms. The number of halogens is 3. The fourth-order valence-corrected chi connectivity index (χ4v) is 2.71. The normalized spacial score (nSPS) is 20.8. The van der Waals surface area contributed by atoms with E-state index in [9.17, 15) is 18.0 Å². The van der Waals surface area contributed by atoms with Crippen molar-refractivity contribution >= 4 is 17.7 Å². The Morgan fingerprint density at radius 2 is 2.16 bits per heavy atom. The van der Waals surface area contributed by atoms with E-state index in [4.69, 9.17) is 0 Å². The van der Waals surface area contributed by atoms with Gasteiger partial charge in [0.2, 0.25) is 5.91 Å². The summed E-state index contributed by atoms with van der Waals surface area (Å²) >= 11 is 0.982. The van der Waals surface area contributed by atoms with Crippen molar-refractivity contribution in [2.75, 3.05) is 6.54 Å². The van der Waals surface area contributed by atoms with Crippen LogP contribution in [0.15, 0.2) is 17.4 Å². The van der Waals surface area contributed by atoms with E-state index < -0.39 is 17.1 Å². The molecule has 1 atom stereocenters. The number of nitrogens with one attached hydrogen (secondary N) is 1. The molecule has 1 N–H and O–H groups in total. The zero-order valence-electron chi connectivity index (χ0n) is 9.91. The molecule has 1 aliphatic rings. The van der Waals surface area contributed by atoms with Gasteiger partial charge in [-0.15, -0.1) is 0 Å². The van der Waals surface area contributed by atoms with Crippen LogP contribution in [0.2, 0.25) is 0 Å². The largest absolute Gasteiger partial charge is 0.433 e. The molecule has 0 aliphatic carbocycles. The predicted octanol–water partition coefficient (Wildman–Crippen LogP) is 2.26. The topological polar surface area (TPSA) is 54.9 Å². The van der Waals surface area contributed by atoms with Crippen molar-refractivity contribution in [3.8, 4) is 0 Å². The van der Waals surface area contributed by atoms with E-state index in [0.29, 0.717) is 13.0 Å². The highest BCUT2D eigenvalue weighted by atomic mass is 32.2. The minimum atomic E-state index is -4.50. The van der Waals surface area contributed by atoms with Gasteiger partial charge in [-0.25, -0.2) is 9.97 Å². The zero-order chi connectivity index (χ0) is 13.9. The molecule has 0 aromatic carbocycles. The van der Waals surface area contributed by atoms with Gasteiger partial charge in [0.15, 0.2) is 5.16 Å². The first-order valence-corrected chi connectivity index (χ1v) is 6.69. The van der Waals surface area contributed by atoms with Crippen molar-refractivity contribution in [3.05, 3.63) is 18.0 Å². The monoisotopic (exact) mass is 291 g/mol. The van der Waals surface area contributed by atoms with Gasteiger partial charge in [-0.3, -0.25) is 4.79 Å². The number of thioether (sulfide) groups is 1. The summed E-state index contributed by atoms with van der Waals surface area (Å²) in [5.74, 6) is -0.163. The second kappa shape index (κ2) is 5.77. The molecule has 1 unspecified atom stereocenters. The summed E-state index contributed by atoms with van der Waals surface area (Å²) in [6, 6.07) is 0.817. The molecule has 0 saturated carbocycles. The molecule has 2 rings (SSSR count). The third-order valence-electron chi connectivity index (χ3n) is 2.66. The SMILES string of the molecule is O=C1NCCCCC1Sc1nccc(C(F)(F)F)n1. The van der Waals surface area contributed by atoms with Crippen molar-refractivity contribution < 1.29 is 18.0 Å². The molecule has 1 amide bonds. The third-order valence-corrected chi connectivity index (χ3v) is 3.80. The molecule has 104 valence electrons. The van der Waals surface area contributed by atoms with Gasteiger partial charge in [0.1, 0.15) is 5.69 Å². The van der Waals surface area contributed by atoms with E-state index in [1.54, 1.807) is 0 Å². The van der Waals surface area contributed by atoms with Gasteiger partial charge < -0.3 is 5.32 Å². The van der Waals surface area contributed by atoms with E-state index >= 15 is 0 Å². The summed E-state index contributed by atoms with van der Waals surface area (Å²) in [5, 5.41) is 2.28. The van der Waals surface area contributed by atoms with Gasteiger partial charge in [0.25, 0.3) is 0 Å². The summed E-state index contributed by atoms with van der Waals surface area (Å²) < 4.78 is 37.5. The standard InChI is InChI=1S/C11H12F3N3OS/c12-11(13,14)8-4-6-16-10(17-8)19-7-3-1-2-5-15-9(7)18/h4,6-7H,1-3,5H2,(H,15,18). The summed E-state index contributed by atoms with van der Waals surface area (Å²) in [6.45, 7) is 0.610. The first-order valence-electron chi connectivity index (χ1n) is 5.81. The Balaban J connectivity index is 2.12. The maximum absolute atomic E-state index is 12.5. The van der Waals surface area contributed by atoms with E-state index in [-0.39, 0.29) is 11.1 Å². The van der Waals surface area contributed by atoms with Crippen LogP contribution in [0.1, 0.15) is 25.0 Å². The van der Waals surface area contributed by atoms with E-state index in [2.05, 4.69) is 15.3 Å². The van der Waals surface area contributed by atoms with Gasteiger partial charge in [-0.05, 0) is 18.9 Å². The van der Waals surface area contributed by atoms with Crippen LogP contribution < -0.4 is 5.32 Å². The zero-order valence-corrected chi connectivity index (χ0v) is 10.7. The maximum atomic E-state index is 12.5. The summed E-state index contributed by atoms with van der Waals surface area (Å²) in [6.07, 6.45) is -1.07. The van der Waals surface area contributed by atoms with Gasteiger partial charge in [-0.1, -0.05) is 18.2 Å². The molecule has 1 fully saturated rings. The molecular formula is C11H12F3N3OS. The van der Waals surface area contributed by atoms with Gasteiger partial charge >= 0.3 is 6.18 Å². The lowest BCUT2D eigenvalue weighted by atomic mass is 10.2. The van der Waals surface area contributed by atoms with Crippen molar-refractivity contribution in [3.63, 3.8) is 0 Å². The first kappa shape index (κ1) is 14.1. The molecule has 0 spiro atoms. The minimum absolute atomic E-state index is 0.0168. The second-order valence-electron chi connectivity index (χ2n) is 4.12. The van der Waals surface area contributed by atoms with Crippen LogP contribution in [0.25, 0.3) is 0 Å². The highest BCUT2D eigenvalue weighted by Gasteiger charge is 2.33. The van der Waals surface area contributed by atoms with E-state index in [1.807, 2.05) is 0 Å². The van der Waals surface area contributed by atoms with Crippen molar-refractivity contribution in [2.24, 2.45) is 0 Å². The quantitative estimate of drug-likeness (QED) is 0.849.